The van der Waals surface area contributed by atoms with Crippen molar-refractivity contribution in [2.45, 2.75) is 13.8 Å². The minimum absolute atomic E-state index is 0.653. The van der Waals surface area contributed by atoms with Crippen LogP contribution in [-0.2, 0) is 0 Å². The van der Waals surface area contributed by atoms with Crippen LogP contribution in [0.1, 0.15) is 11.4 Å². The third kappa shape index (κ3) is 2.53. The third-order valence-corrected chi connectivity index (χ3v) is 4.18. The quantitative estimate of drug-likeness (QED) is 0.552. The van der Waals surface area contributed by atoms with E-state index < -0.39 is 0 Å². The maximum atomic E-state index is 6.02. The molecule has 0 radical (unpaired) electrons. The van der Waals surface area contributed by atoms with E-state index in [0.29, 0.717) is 16.5 Å². The Morgan fingerprint density at radius 1 is 0.958 bits per heavy atom. The van der Waals surface area contributed by atoms with E-state index >= 15 is 0 Å². The highest BCUT2D eigenvalue weighted by Gasteiger charge is 2.14. The van der Waals surface area contributed by atoms with Crippen LogP contribution in [0.25, 0.3) is 28.0 Å². The summed E-state index contributed by atoms with van der Waals surface area (Å²) in [5.41, 5.74) is 4.35. The first-order valence-corrected chi connectivity index (χ1v) is 7.92. The molecule has 0 saturated heterocycles. The molecule has 24 heavy (non-hydrogen) atoms. The van der Waals surface area contributed by atoms with Gasteiger partial charge < -0.3 is 0 Å². The van der Waals surface area contributed by atoms with Crippen molar-refractivity contribution in [2.24, 2.45) is 0 Å². The summed E-state index contributed by atoms with van der Waals surface area (Å²) in [4.78, 5) is 10.6. The van der Waals surface area contributed by atoms with E-state index in [1.165, 1.54) is 0 Å². The van der Waals surface area contributed by atoms with Gasteiger partial charge in [-0.05, 0) is 49.7 Å². The number of halogens is 1. The highest BCUT2D eigenvalue weighted by Crippen LogP contribution is 2.29. The molecule has 0 fully saturated rings. The van der Waals surface area contributed by atoms with Crippen LogP contribution in [-0.4, -0.2) is 25.0 Å². The summed E-state index contributed by atoms with van der Waals surface area (Å²) < 4.78 is 0. The number of rotatable bonds is 2. The predicted octanol–water partition coefficient (Wildman–Crippen LogP) is 4.15. The average Bonchev–Trinajstić information content (AvgIpc) is 2.93. The van der Waals surface area contributed by atoms with Gasteiger partial charge in [0.1, 0.15) is 0 Å². The molecule has 0 N–H and O–H groups in total. The number of benzene rings is 1. The van der Waals surface area contributed by atoms with Crippen molar-refractivity contribution in [3.8, 4) is 16.9 Å². The van der Waals surface area contributed by atoms with E-state index in [4.69, 9.17) is 16.6 Å². The van der Waals surface area contributed by atoms with Crippen molar-refractivity contribution in [3.05, 3.63) is 65.1 Å². The molecular weight excluding hydrogens is 322 g/mol. The molecule has 6 heteroatoms. The van der Waals surface area contributed by atoms with Crippen LogP contribution in [0.2, 0.25) is 5.02 Å². The Kier molecular flexibility index (Phi) is 3.50. The van der Waals surface area contributed by atoms with E-state index in [1.807, 2.05) is 50.2 Å². The average molecular weight is 336 g/mol. The van der Waals surface area contributed by atoms with Gasteiger partial charge in [0.15, 0.2) is 11.5 Å². The maximum Gasteiger partial charge on any atom is 0.184 e. The fraction of sp³-hybridized carbons (Fsp3) is 0.111. The van der Waals surface area contributed by atoms with E-state index in [2.05, 4.69) is 21.2 Å². The van der Waals surface area contributed by atoms with Crippen molar-refractivity contribution >= 4 is 22.6 Å². The van der Waals surface area contributed by atoms with Crippen LogP contribution in [0, 0.1) is 13.8 Å². The molecule has 0 aliphatic carbocycles. The molecule has 0 spiro atoms. The molecule has 0 aliphatic rings. The molecule has 0 bridgehead atoms. The smallest absolute Gasteiger partial charge is 0.184 e. The normalized spacial score (nSPS) is 11.1. The number of hydrogen-bond acceptors (Lipinski definition) is 4. The number of aromatic nitrogens is 5. The van der Waals surface area contributed by atoms with Gasteiger partial charge in [-0.2, -0.15) is 10.2 Å². The Hall–Kier alpha value is -2.79. The highest BCUT2D eigenvalue weighted by atomic mass is 35.5. The molecule has 0 amide bonds. The maximum absolute atomic E-state index is 6.02. The van der Waals surface area contributed by atoms with E-state index in [0.717, 1.165) is 27.9 Å². The van der Waals surface area contributed by atoms with Crippen LogP contribution in [0.15, 0.2) is 48.7 Å². The second-order valence-electron chi connectivity index (χ2n) is 5.58. The molecule has 0 atom stereocenters. The van der Waals surface area contributed by atoms with E-state index in [9.17, 15) is 0 Å². The lowest BCUT2D eigenvalue weighted by Crippen LogP contribution is -2.05. The molecular formula is C18H14ClN5. The molecule has 5 nitrogen and oxygen atoms in total. The molecule has 3 aromatic heterocycles. The van der Waals surface area contributed by atoms with Crippen molar-refractivity contribution in [1.29, 1.82) is 0 Å². The fourth-order valence-corrected chi connectivity index (χ4v) is 2.66. The van der Waals surface area contributed by atoms with Gasteiger partial charge in [0, 0.05) is 22.2 Å². The zero-order valence-electron chi connectivity index (χ0n) is 13.2. The first kappa shape index (κ1) is 14.8. The molecule has 3 heterocycles. The largest absolute Gasteiger partial charge is 0.237 e. The van der Waals surface area contributed by atoms with Gasteiger partial charge in [-0.25, -0.2) is 9.97 Å². The van der Waals surface area contributed by atoms with Crippen LogP contribution in [0.4, 0.5) is 0 Å². The Morgan fingerprint density at radius 2 is 1.67 bits per heavy atom. The lowest BCUT2D eigenvalue weighted by Gasteiger charge is -2.10. The molecule has 118 valence electrons. The van der Waals surface area contributed by atoms with E-state index in [1.54, 1.807) is 11.0 Å². The summed E-state index contributed by atoms with van der Waals surface area (Å²) in [7, 11) is 0. The van der Waals surface area contributed by atoms with Gasteiger partial charge in [0.25, 0.3) is 0 Å². The fourth-order valence-electron chi connectivity index (χ4n) is 2.54. The van der Waals surface area contributed by atoms with Crippen LogP contribution < -0.4 is 0 Å². The summed E-state index contributed by atoms with van der Waals surface area (Å²) in [5.74, 6) is 0.653. The van der Waals surface area contributed by atoms with Gasteiger partial charge in [-0.1, -0.05) is 23.7 Å². The first-order chi connectivity index (χ1) is 11.6. The lowest BCUT2D eigenvalue weighted by molar-refractivity contribution is 0.723. The number of fused-ring (bicyclic) bond motifs is 1. The Balaban J connectivity index is 2.01. The molecule has 0 aliphatic heterocycles. The Bertz CT molecular complexity index is 1020. The summed E-state index contributed by atoms with van der Waals surface area (Å²) in [6.45, 7) is 3.86. The lowest BCUT2D eigenvalue weighted by atomic mass is 10.1. The Labute approximate surface area is 143 Å². The van der Waals surface area contributed by atoms with Gasteiger partial charge in [-0.15, -0.1) is 4.80 Å². The molecule has 4 rings (SSSR count). The van der Waals surface area contributed by atoms with E-state index in [-0.39, 0.29) is 0 Å². The van der Waals surface area contributed by atoms with Crippen LogP contribution in [0.3, 0.4) is 0 Å². The van der Waals surface area contributed by atoms with Crippen molar-refractivity contribution in [2.75, 3.05) is 0 Å². The second-order valence-corrected chi connectivity index (χ2v) is 6.01. The van der Waals surface area contributed by atoms with Crippen LogP contribution in [0.5, 0.6) is 0 Å². The minimum Gasteiger partial charge on any atom is -0.237 e. The molecule has 1 aromatic carbocycles. The number of hydrogen-bond donors (Lipinski definition) is 0. The van der Waals surface area contributed by atoms with Gasteiger partial charge in [-0.3, -0.25) is 0 Å². The van der Waals surface area contributed by atoms with Crippen molar-refractivity contribution < 1.29 is 0 Å². The number of nitrogens with zero attached hydrogens (tertiary/aromatic N) is 5. The molecule has 0 saturated carbocycles. The topological polar surface area (TPSA) is 56.5 Å². The summed E-state index contributed by atoms with van der Waals surface area (Å²) in [6.07, 6.45) is 1.73. The zero-order chi connectivity index (χ0) is 16.7. The van der Waals surface area contributed by atoms with Crippen molar-refractivity contribution in [3.63, 3.8) is 0 Å². The van der Waals surface area contributed by atoms with Gasteiger partial charge >= 0.3 is 0 Å². The van der Waals surface area contributed by atoms with Gasteiger partial charge in [0.05, 0.1) is 11.4 Å². The monoisotopic (exact) mass is 335 g/mol. The molecule has 4 aromatic rings. The highest BCUT2D eigenvalue weighted by molar-refractivity contribution is 6.30. The summed E-state index contributed by atoms with van der Waals surface area (Å²) in [6, 6.07) is 13.6. The summed E-state index contributed by atoms with van der Waals surface area (Å²) in [5, 5.41) is 10.6. The minimum atomic E-state index is 0.653. The summed E-state index contributed by atoms with van der Waals surface area (Å²) >= 11 is 6.02. The standard InChI is InChI=1S/C18H14ClN5/c1-11-12(2)23-24(22-11)18-16(13-5-7-15(19)8-6-13)10-14-4-3-9-20-17(14)21-18/h3-10H,1-2H3. The molecule has 0 unspecified atom stereocenters. The van der Waals surface area contributed by atoms with Crippen LogP contribution >= 0.6 is 11.6 Å². The third-order valence-electron chi connectivity index (χ3n) is 3.93. The number of aryl methyl sites for hydroxylation is 2. The van der Waals surface area contributed by atoms with Gasteiger partial charge in [0.2, 0.25) is 0 Å². The predicted molar refractivity (Wildman–Crippen MR) is 94.4 cm³/mol. The second kappa shape index (κ2) is 5.69. The number of pyridine rings is 2. The Morgan fingerprint density at radius 3 is 2.38 bits per heavy atom. The van der Waals surface area contributed by atoms with Crippen molar-refractivity contribution in [1.82, 2.24) is 25.0 Å². The zero-order valence-corrected chi connectivity index (χ0v) is 14.0. The first-order valence-electron chi connectivity index (χ1n) is 7.54. The SMILES string of the molecule is Cc1nn(-c2nc3ncccc3cc2-c2ccc(Cl)cc2)nc1C.